The van der Waals surface area contributed by atoms with Gasteiger partial charge in [0.15, 0.2) is 12.6 Å². The molecule has 3 nitrogen and oxygen atoms in total. The van der Waals surface area contributed by atoms with Crippen LogP contribution in [0.25, 0.3) is 0 Å². The number of rotatable bonds is 1. The number of ether oxygens (including phenoxy) is 3. The van der Waals surface area contributed by atoms with Crippen molar-refractivity contribution in [2.24, 2.45) is 29.6 Å². The van der Waals surface area contributed by atoms with Gasteiger partial charge in [-0.3, -0.25) is 0 Å². The van der Waals surface area contributed by atoms with Crippen molar-refractivity contribution in [1.82, 2.24) is 0 Å². The molecule has 0 bridgehead atoms. The number of hydrogen-bond acceptors (Lipinski definition) is 3. The first-order valence-electron chi connectivity index (χ1n) is 7.95. The summed E-state index contributed by atoms with van der Waals surface area (Å²) in [5.74, 6) is 3.35. The molecule has 8 atom stereocenters. The predicted octanol–water partition coefficient (Wildman–Crippen LogP) is 3.43. The van der Waals surface area contributed by atoms with Crippen LogP contribution in [-0.4, -0.2) is 25.8 Å². The lowest BCUT2D eigenvalue weighted by Gasteiger charge is -2.51. The molecule has 2 aliphatic heterocycles. The topological polar surface area (TPSA) is 27.7 Å². The lowest BCUT2D eigenvalue weighted by atomic mass is 9.61. The van der Waals surface area contributed by atoms with Gasteiger partial charge in [0.2, 0.25) is 0 Å². The first-order chi connectivity index (χ1) is 9.11. The first kappa shape index (κ1) is 13.8. The van der Waals surface area contributed by atoms with E-state index in [1.165, 1.54) is 25.7 Å². The van der Waals surface area contributed by atoms with E-state index < -0.39 is 0 Å². The molecule has 0 spiro atoms. The summed E-state index contributed by atoms with van der Waals surface area (Å²) in [6.07, 6.45) is 5.31. The third kappa shape index (κ3) is 2.34. The summed E-state index contributed by atoms with van der Waals surface area (Å²) < 4.78 is 17.9. The van der Waals surface area contributed by atoms with Crippen LogP contribution < -0.4 is 0 Å². The highest BCUT2D eigenvalue weighted by molar-refractivity contribution is 4.95. The summed E-state index contributed by atoms with van der Waals surface area (Å²) in [7, 11) is 1.75. The highest BCUT2D eigenvalue weighted by Crippen LogP contribution is 2.52. The molecule has 0 amide bonds. The molecule has 0 aromatic carbocycles. The molecule has 19 heavy (non-hydrogen) atoms. The van der Waals surface area contributed by atoms with E-state index in [0.717, 1.165) is 11.8 Å². The second-order valence-corrected chi connectivity index (χ2v) is 6.95. The molecule has 1 unspecified atom stereocenters. The van der Waals surface area contributed by atoms with Crippen LogP contribution in [0.3, 0.4) is 0 Å². The summed E-state index contributed by atoms with van der Waals surface area (Å²) in [5, 5.41) is 0. The van der Waals surface area contributed by atoms with Crippen LogP contribution in [0.1, 0.15) is 46.5 Å². The molecule has 0 aromatic rings. The number of methoxy groups -OCH3 is 1. The Balaban J connectivity index is 1.89. The molecule has 3 aliphatic rings. The Hall–Kier alpha value is -0.120. The van der Waals surface area contributed by atoms with Gasteiger partial charge in [-0.25, -0.2) is 0 Å². The summed E-state index contributed by atoms with van der Waals surface area (Å²) in [4.78, 5) is 0. The molecule has 1 saturated carbocycles. The lowest BCUT2D eigenvalue weighted by molar-refractivity contribution is -0.328. The Bertz CT molecular complexity index is 319. The fraction of sp³-hybridized carbons (Fsp3) is 1.00. The smallest absolute Gasteiger partial charge is 0.164 e. The Morgan fingerprint density at radius 3 is 2.37 bits per heavy atom. The van der Waals surface area contributed by atoms with Crippen LogP contribution in [0.4, 0.5) is 0 Å². The normalized spacial score (nSPS) is 54.3. The fourth-order valence-electron chi connectivity index (χ4n) is 4.72. The van der Waals surface area contributed by atoms with Gasteiger partial charge in [0.25, 0.3) is 0 Å². The van der Waals surface area contributed by atoms with Crippen molar-refractivity contribution in [2.75, 3.05) is 7.11 Å². The van der Waals surface area contributed by atoms with Gasteiger partial charge in [0, 0.05) is 18.9 Å². The molecular formula is C16H28O3. The van der Waals surface area contributed by atoms with E-state index in [2.05, 4.69) is 20.8 Å². The Labute approximate surface area is 117 Å². The SMILES string of the molecule is CO[C@H]1O[C@@H]2O[C@@H](C)CC[C@@H]3C2[C@@H](CC[C@H]3C)[C@H]1C. The lowest BCUT2D eigenvalue weighted by Crippen LogP contribution is -2.53. The molecule has 1 aliphatic carbocycles. The van der Waals surface area contributed by atoms with Gasteiger partial charge >= 0.3 is 0 Å². The summed E-state index contributed by atoms with van der Waals surface area (Å²) >= 11 is 0. The van der Waals surface area contributed by atoms with Crippen molar-refractivity contribution in [1.29, 1.82) is 0 Å². The minimum Gasteiger partial charge on any atom is -0.355 e. The Kier molecular flexibility index (Phi) is 3.89. The van der Waals surface area contributed by atoms with Crippen molar-refractivity contribution in [3.63, 3.8) is 0 Å². The summed E-state index contributed by atoms with van der Waals surface area (Å²) in [6, 6.07) is 0. The standard InChI is InChI=1S/C16H28O3/c1-9-5-7-13-11(3)15(17-4)19-16-14(13)12(9)8-6-10(2)18-16/h9-16H,5-8H2,1-4H3/t9-,10+,11-,12+,13+,14?,15+,16+/m1/s1. The van der Waals surface area contributed by atoms with E-state index in [1.54, 1.807) is 7.11 Å². The van der Waals surface area contributed by atoms with Gasteiger partial charge in [0.1, 0.15) is 0 Å². The fourth-order valence-corrected chi connectivity index (χ4v) is 4.72. The second-order valence-electron chi connectivity index (χ2n) is 6.95. The van der Waals surface area contributed by atoms with Gasteiger partial charge < -0.3 is 14.2 Å². The average Bonchev–Trinajstić information content (AvgIpc) is 2.56. The first-order valence-corrected chi connectivity index (χ1v) is 7.95. The Morgan fingerprint density at radius 1 is 0.895 bits per heavy atom. The van der Waals surface area contributed by atoms with E-state index in [4.69, 9.17) is 14.2 Å². The zero-order chi connectivity index (χ0) is 13.6. The zero-order valence-corrected chi connectivity index (χ0v) is 12.7. The quantitative estimate of drug-likeness (QED) is 0.729. The molecule has 2 saturated heterocycles. The molecule has 3 fully saturated rings. The maximum Gasteiger partial charge on any atom is 0.164 e. The Morgan fingerprint density at radius 2 is 1.63 bits per heavy atom. The summed E-state index contributed by atoms with van der Waals surface area (Å²) in [5.41, 5.74) is 0. The highest BCUT2D eigenvalue weighted by Gasteiger charge is 2.52. The third-order valence-corrected chi connectivity index (χ3v) is 5.87. The van der Waals surface area contributed by atoms with Crippen molar-refractivity contribution < 1.29 is 14.2 Å². The second kappa shape index (κ2) is 5.34. The summed E-state index contributed by atoms with van der Waals surface area (Å²) in [6.45, 7) is 6.89. The average molecular weight is 268 g/mol. The molecule has 0 N–H and O–H groups in total. The number of hydrogen-bond donors (Lipinski definition) is 0. The van der Waals surface area contributed by atoms with Crippen LogP contribution >= 0.6 is 0 Å². The monoisotopic (exact) mass is 268 g/mol. The van der Waals surface area contributed by atoms with Crippen LogP contribution in [-0.2, 0) is 14.2 Å². The molecule has 0 aromatic heterocycles. The van der Waals surface area contributed by atoms with Crippen molar-refractivity contribution in [3.8, 4) is 0 Å². The van der Waals surface area contributed by atoms with Gasteiger partial charge in [-0.2, -0.15) is 0 Å². The highest BCUT2D eigenvalue weighted by atomic mass is 16.8. The maximum absolute atomic E-state index is 6.18. The van der Waals surface area contributed by atoms with Gasteiger partial charge in [-0.15, -0.1) is 0 Å². The molecule has 3 rings (SSSR count). The largest absolute Gasteiger partial charge is 0.355 e. The van der Waals surface area contributed by atoms with E-state index in [9.17, 15) is 0 Å². The van der Waals surface area contributed by atoms with Gasteiger partial charge in [-0.05, 0) is 43.9 Å². The van der Waals surface area contributed by atoms with Crippen LogP contribution in [0, 0.1) is 29.6 Å². The van der Waals surface area contributed by atoms with E-state index >= 15 is 0 Å². The van der Waals surface area contributed by atoms with Crippen molar-refractivity contribution in [2.45, 2.75) is 65.1 Å². The third-order valence-electron chi connectivity index (χ3n) is 5.87. The van der Waals surface area contributed by atoms with E-state index in [-0.39, 0.29) is 12.6 Å². The molecule has 3 heteroatoms. The van der Waals surface area contributed by atoms with E-state index in [1.807, 2.05) is 0 Å². The maximum atomic E-state index is 6.18. The van der Waals surface area contributed by atoms with Crippen molar-refractivity contribution >= 4 is 0 Å². The van der Waals surface area contributed by atoms with E-state index in [0.29, 0.717) is 23.9 Å². The minimum absolute atomic E-state index is 0.0450. The molecule has 110 valence electrons. The predicted molar refractivity (Wildman–Crippen MR) is 73.5 cm³/mol. The minimum atomic E-state index is -0.0920. The van der Waals surface area contributed by atoms with Gasteiger partial charge in [0.05, 0.1) is 6.10 Å². The molecular weight excluding hydrogens is 240 g/mol. The molecule has 0 radical (unpaired) electrons. The van der Waals surface area contributed by atoms with Gasteiger partial charge in [-0.1, -0.05) is 20.3 Å². The zero-order valence-electron chi connectivity index (χ0n) is 12.7. The van der Waals surface area contributed by atoms with Crippen LogP contribution in [0.15, 0.2) is 0 Å². The van der Waals surface area contributed by atoms with Crippen molar-refractivity contribution in [3.05, 3.63) is 0 Å². The van der Waals surface area contributed by atoms with Crippen LogP contribution in [0.2, 0.25) is 0 Å². The van der Waals surface area contributed by atoms with Crippen LogP contribution in [0.5, 0.6) is 0 Å². The molecule has 2 heterocycles.